The van der Waals surface area contributed by atoms with Crippen LogP contribution in [0.25, 0.3) is 0 Å². The minimum atomic E-state index is 0.189. The summed E-state index contributed by atoms with van der Waals surface area (Å²) >= 11 is 0. The molecule has 2 heteroatoms. The lowest BCUT2D eigenvalue weighted by atomic mass is 9.75. The van der Waals surface area contributed by atoms with Gasteiger partial charge in [0.25, 0.3) is 0 Å². The highest BCUT2D eigenvalue weighted by Crippen LogP contribution is 2.31. The third-order valence-electron chi connectivity index (χ3n) is 3.95. The molecular formula is C18H31NO. The number of likely N-dealkylation sites (N-methyl/N-ethyl adjacent to an activating group) is 1. The van der Waals surface area contributed by atoms with Crippen molar-refractivity contribution >= 4 is 0 Å². The van der Waals surface area contributed by atoms with Crippen molar-refractivity contribution in [1.82, 2.24) is 5.32 Å². The van der Waals surface area contributed by atoms with Crippen LogP contribution in [0.5, 0.6) is 0 Å². The number of nitrogens with one attached hydrogen (secondary N) is 1. The Balaban J connectivity index is 2.72. The molecule has 20 heavy (non-hydrogen) atoms. The molecule has 1 aromatic rings. The Labute approximate surface area is 124 Å². The summed E-state index contributed by atoms with van der Waals surface area (Å²) < 4.78 is 5.83. The third-order valence-corrected chi connectivity index (χ3v) is 3.95. The zero-order valence-electron chi connectivity index (χ0n) is 13.6. The van der Waals surface area contributed by atoms with E-state index in [1.165, 1.54) is 5.56 Å². The maximum Gasteiger partial charge on any atom is 0.0488 e. The van der Waals surface area contributed by atoms with E-state index in [0.717, 1.165) is 39.1 Å². The van der Waals surface area contributed by atoms with Gasteiger partial charge in [-0.3, -0.25) is 0 Å². The molecule has 0 heterocycles. The maximum absolute atomic E-state index is 5.83. The Hall–Kier alpha value is -0.860. The molecule has 0 saturated carbocycles. The topological polar surface area (TPSA) is 21.3 Å². The fourth-order valence-corrected chi connectivity index (χ4v) is 2.58. The highest BCUT2D eigenvalue weighted by atomic mass is 16.5. The van der Waals surface area contributed by atoms with Gasteiger partial charge < -0.3 is 10.1 Å². The van der Waals surface area contributed by atoms with Crippen molar-refractivity contribution in [3.63, 3.8) is 0 Å². The van der Waals surface area contributed by atoms with Gasteiger partial charge in [0.2, 0.25) is 0 Å². The van der Waals surface area contributed by atoms with Crippen molar-refractivity contribution in [2.24, 2.45) is 5.92 Å². The molecule has 1 aromatic carbocycles. The van der Waals surface area contributed by atoms with E-state index in [1.807, 2.05) is 0 Å². The Bertz CT molecular complexity index is 350. The van der Waals surface area contributed by atoms with Crippen molar-refractivity contribution in [2.75, 3.05) is 26.3 Å². The minimum absolute atomic E-state index is 0.189. The first-order valence-electron chi connectivity index (χ1n) is 7.98. The Morgan fingerprint density at radius 3 is 2.40 bits per heavy atom. The van der Waals surface area contributed by atoms with Gasteiger partial charge in [-0.15, -0.1) is 0 Å². The smallest absolute Gasteiger partial charge is 0.0488 e. The first-order chi connectivity index (χ1) is 9.64. The summed E-state index contributed by atoms with van der Waals surface area (Å²) in [5.41, 5.74) is 1.62. The molecule has 0 bridgehead atoms. The number of ether oxygens (including phenoxy) is 1. The van der Waals surface area contributed by atoms with Crippen LogP contribution in [0.2, 0.25) is 0 Å². The molecule has 1 unspecified atom stereocenters. The summed E-state index contributed by atoms with van der Waals surface area (Å²) in [6.07, 6.45) is 2.21. The molecule has 0 aliphatic carbocycles. The zero-order chi connectivity index (χ0) is 14.8. The lowest BCUT2D eigenvalue weighted by molar-refractivity contribution is 0.0910. The molecule has 2 nitrogen and oxygen atoms in total. The summed E-state index contributed by atoms with van der Waals surface area (Å²) in [5.74, 6) is 0.608. The zero-order valence-corrected chi connectivity index (χ0v) is 13.6. The van der Waals surface area contributed by atoms with Gasteiger partial charge in [-0.25, -0.2) is 0 Å². The van der Waals surface area contributed by atoms with Crippen molar-refractivity contribution in [2.45, 2.75) is 46.0 Å². The van der Waals surface area contributed by atoms with Crippen molar-refractivity contribution in [3.05, 3.63) is 35.9 Å². The first-order valence-corrected chi connectivity index (χ1v) is 7.98. The molecule has 1 rings (SSSR count). The SMILES string of the molecule is CCNCC(CC)(CCOCC(C)C)c1ccccc1. The van der Waals surface area contributed by atoms with E-state index >= 15 is 0 Å². The lowest BCUT2D eigenvalue weighted by Crippen LogP contribution is -2.39. The van der Waals surface area contributed by atoms with Crippen LogP contribution >= 0.6 is 0 Å². The Morgan fingerprint density at radius 2 is 1.85 bits per heavy atom. The standard InChI is InChI=1S/C18H31NO/c1-5-18(15-19-6-2,12-13-20-14-16(3)4)17-10-8-7-9-11-17/h7-11,16,19H,5-6,12-15H2,1-4H3. The predicted molar refractivity (Wildman–Crippen MR) is 87.2 cm³/mol. The van der Waals surface area contributed by atoms with Crippen molar-refractivity contribution in [3.8, 4) is 0 Å². The van der Waals surface area contributed by atoms with Crippen LogP contribution in [0.1, 0.15) is 46.1 Å². The average molecular weight is 277 g/mol. The monoisotopic (exact) mass is 277 g/mol. The fraction of sp³-hybridized carbons (Fsp3) is 0.667. The van der Waals surface area contributed by atoms with Crippen LogP contribution in [0.3, 0.4) is 0 Å². The first kappa shape index (κ1) is 17.2. The van der Waals surface area contributed by atoms with Crippen LogP contribution in [-0.4, -0.2) is 26.3 Å². The summed E-state index contributed by atoms with van der Waals surface area (Å²) in [7, 11) is 0. The van der Waals surface area contributed by atoms with E-state index in [4.69, 9.17) is 4.74 Å². The fourth-order valence-electron chi connectivity index (χ4n) is 2.58. The van der Waals surface area contributed by atoms with Gasteiger partial charge in [0.05, 0.1) is 0 Å². The highest BCUT2D eigenvalue weighted by Gasteiger charge is 2.29. The van der Waals surface area contributed by atoms with Crippen LogP contribution < -0.4 is 5.32 Å². The summed E-state index contributed by atoms with van der Waals surface area (Å²) in [5, 5.41) is 3.53. The Morgan fingerprint density at radius 1 is 1.15 bits per heavy atom. The van der Waals surface area contributed by atoms with Gasteiger partial charge in [-0.1, -0.05) is 58.0 Å². The van der Waals surface area contributed by atoms with Crippen LogP contribution in [0.4, 0.5) is 0 Å². The molecule has 0 fully saturated rings. The van der Waals surface area contributed by atoms with E-state index in [-0.39, 0.29) is 5.41 Å². The summed E-state index contributed by atoms with van der Waals surface area (Å²) in [4.78, 5) is 0. The normalized spacial score (nSPS) is 14.4. The second-order valence-electron chi connectivity index (χ2n) is 6.00. The summed E-state index contributed by atoms with van der Waals surface area (Å²) in [6.45, 7) is 12.6. The van der Waals surface area contributed by atoms with Gasteiger partial charge in [0.1, 0.15) is 0 Å². The van der Waals surface area contributed by atoms with Gasteiger partial charge in [0, 0.05) is 25.2 Å². The number of hydrogen-bond donors (Lipinski definition) is 1. The largest absolute Gasteiger partial charge is 0.381 e. The quantitative estimate of drug-likeness (QED) is 0.653. The second-order valence-corrected chi connectivity index (χ2v) is 6.00. The molecule has 0 spiro atoms. The molecule has 0 saturated heterocycles. The molecule has 0 aliphatic rings. The van der Waals surface area contributed by atoms with Crippen molar-refractivity contribution < 1.29 is 4.74 Å². The lowest BCUT2D eigenvalue weighted by Gasteiger charge is -2.34. The van der Waals surface area contributed by atoms with Crippen molar-refractivity contribution in [1.29, 1.82) is 0 Å². The van der Waals surface area contributed by atoms with E-state index in [9.17, 15) is 0 Å². The van der Waals surface area contributed by atoms with Gasteiger partial charge in [-0.2, -0.15) is 0 Å². The molecule has 0 aliphatic heterocycles. The predicted octanol–water partition coefficient (Wildman–Crippen LogP) is 4.01. The highest BCUT2D eigenvalue weighted by molar-refractivity contribution is 5.26. The molecule has 1 N–H and O–H groups in total. The molecule has 1 atom stereocenters. The van der Waals surface area contributed by atoms with E-state index in [2.05, 4.69) is 63.3 Å². The Kier molecular flexibility index (Phi) is 7.86. The van der Waals surface area contributed by atoms with E-state index in [0.29, 0.717) is 5.92 Å². The minimum Gasteiger partial charge on any atom is -0.381 e. The number of rotatable bonds is 10. The summed E-state index contributed by atoms with van der Waals surface area (Å²) in [6, 6.07) is 10.9. The van der Waals surface area contributed by atoms with Gasteiger partial charge >= 0.3 is 0 Å². The van der Waals surface area contributed by atoms with E-state index in [1.54, 1.807) is 0 Å². The molecule has 114 valence electrons. The van der Waals surface area contributed by atoms with Crippen LogP contribution in [0.15, 0.2) is 30.3 Å². The molecular weight excluding hydrogens is 246 g/mol. The molecule has 0 aromatic heterocycles. The van der Waals surface area contributed by atoms with Gasteiger partial charge in [-0.05, 0) is 30.9 Å². The van der Waals surface area contributed by atoms with Gasteiger partial charge in [0.15, 0.2) is 0 Å². The van der Waals surface area contributed by atoms with Crippen LogP contribution in [0, 0.1) is 5.92 Å². The average Bonchev–Trinajstić information content (AvgIpc) is 2.48. The molecule has 0 amide bonds. The number of hydrogen-bond acceptors (Lipinski definition) is 2. The maximum atomic E-state index is 5.83. The van der Waals surface area contributed by atoms with Crippen LogP contribution in [-0.2, 0) is 10.2 Å². The van der Waals surface area contributed by atoms with E-state index < -0.39 is 0 Å². The second kappa shape index (κ2) is 9.15. The molecule has 0 radical (unpaired) electrons. The number of benzene rings is 1. The third kappa shape index (κ3) is 5.26.